The van der Waals surface area contributed by atoms with Crippen LogP contribution in [0.3, 0.4) is 0 Å². The fourth-order valence-corrected chi connectivity index (χ4v) is 4.67. The number of thiazole rings is 1. The first-order valence-corrected chi connectivity index (χ1v) is 9.92. The molecule has 3 aromatic rings. The van der Waals surface area contributed by atoms with E-state index in [2.05, 4.69) is 10.3 Å². The van der Waals surface area contributed by atoms with Gasteiger partial charge < -0.3 is 10.2 Å². The molecule has 2 aromatic carbocycles. The lowest BCUT2D eigenvalue weighted by Gasteiger charge is -2.25. The zero-order valence-corrected chi connectivity index (χ0v) is 16.5. The summed E-state index contributed by atoms with van der Waals surface area (Å²) in [5.74, 6) is -0.244. The van der Waals surface area contributed by atoms with Crippen molar-refractivity contribution in [3.8, 4) is 0 Å². The fraction of sp³-hybridized carbons (Fsp3) is 0.150. The molecule has 0 unspecified atom stereocenters. The van der Waals surface area contributed by atoms with E-state index in [-0.39, 0.29) is 11.5 Å². The summed E-state index contributed by atoms with van der Waals surface area (Å²) in [5, 5.41) is 3.51. The molecule has 0 saturated carbocycles. The normalized spacial score (nSPS) is 17.1. The molecule has 2 aliphatic rings. The average Bonchev–Trinajstić information content (AvgIpc) is 3.17. The molecular formula is C20H15ClN4O2S. The van der Waals surface area contributed by atoms with Gasteiger partial charge in [0, 0.05) is 22.0 Å². The molecule has 1 amide bonds. The number of hydrogen-bond acceptors (Lipinski definition) is 5. The van der Waals surface area contributed by atoms with Crippen molar-refractivity contribution in [3.63, 3.8) is 0 Å². The monoisotopic (exact) mass is 410 g/mol. The van der Waals surface area contributed by atoms with Gasteiger partial charge in [-0.1, -0.05) is 34.6 Å². The molecule has 0 aliphatic carbocycles. The van der Waals surface area contributed by atoms with Crippen LogP contribution in [0.4, 0.5) is 11.4 Å². The first-order chi connectivity index (χ1) is 13.5. The van der Waals surface area contributed by atoms with Gasteiger partial charge >= 0.3 is 0 Å². The molecule has 0 radical (unpaired) electrons. The van der Waals surface area contributed by atoms with Gasteiger partial charge in [0.2, 0.25) is 0 Å². The van der Waals surface area contributed by atoms with E-state index >= 15 is 0 Å². The first-order valence-electron chi connectivity index (χ1n) is 8.72. The topological polar surface area (TPSA) is 66.7 Å². The van der Waals surface area contributed by atoms with Crippen molar-refractivity contribution in [2.45, 2.75) is 13.6 Å². The number of fused-ring (bicyclic) bond motifs is 2. The summed E-state index contributed by atoms with van der Waals surface area (Å²) in [6, 6.07) is 13.2. The van der Waals surface area contributed by atoms with Gasteiger partial charge in [0.1, 0.15) is 17.9 Å². The summed E-state index contributed by atoms with van der Waals surface area (Å²) in [7, 11) is 0. The second-order valence-corrected chi connectivity index (χ2v) is 8.20. The van der Waals surface area contributed by atoms with Crippen molar-refractivity contribution < 1.29 is 4.79 Å². The molecule has 0 bridgehead atoms. The van der Waals surface area contributed by atoms with Crippen LogP contribution in [0.2, 0.25) is 5.02 Å². The molecule has 3 heterocycles. The maximum absolute atomic E-state index is 13.1. The fourth-order valence-electron chi connectivity index (χ4n) is 3.48. The van der Waals surface area contributed by atoms with Crippen molar-refractivity contribution in [2.75, 3.05) is 16.9 Å². The number of rotatable bonds is 1. The predicted octanol–water partition coefficient (Wildman–Crippen LogP) is 2.08. The molecule has 0 spiro atoms. The summed E-state index contributed by atoms with van der Waals surface area (Å²) >= 11 is 7.23. The summed E-state index contributed by atoms with van der Waals surface area (Å²) in [6.07, 6.45) is 0. The van der Waals surface area contributed by atoms with E-state index in [1.165, 1.54) is 11.3 Å². The number of carbonyl (C=O) groups excluding carboxylic acids is 1. The minimum Gasteiger partial charge on any atom is -0.334 e. The van der Waals surface area contributed by atoms with E-state index in [1.54, 1.807) is 4.57 Å². The number of benzene rings is 2. The van der Waals surface area contributed by atoms with Gasteiger partial charge in [-0.05, 0) is 43.3 Å². The van der Waals surface area contributed by atoms with Crippen LogP contribution >= 0.6 is 22.9 Å². The molecule has 8 heteroatoms. The standard InChI is InChI=1S/C20H15ClN4O2S/c1-11-2-7-15-14(8-11)16(18(26)23-15)17-19(27)25-10-24(9-22-20(25)28-17)13-5-3-12(21)4-6-13/h2-8H,9-10H2,1H3,(H,23,26). The van der Waals surface area contributed by atoms with Crippen LogP contribution in [0.5, 0.6) is 0 Å². The van der Waals surface area contributed by atoms with E-state index in [0.717, 1.165) is 22.5 Å². The molecule has 5 rings (SSSR count). The first kappa shape index (κ1) is 17.2. The van der Waals surface area contributed by atoms with Gasteiger partial charge in [0.15, 0.2) is 4.80 Å². The molecule has 140 valence electrons. The zero-order chi connectivity index (χ0) is 19.4. The van der Waals surface area contributed by atoms with E-state index in [4.69, 9.17) is 11.6 Å². The largest absolute Gasteiger partial charge is 0.334 e. The predicted molar refractivity (Wildman–Crippen MR) is 110 cm³/mol. The number of nitrogens with one attached hydrogen (secondary N) is 1. The van der Waals surface area contributed by atoms with Gasteiger partial charge in [-0.3, -0.25) is 14.2 Å². The molecular weight excluding hydrogens is 396 g/mol. The van der Waals surface area contributed by atoms with Crippen LogP contribution in [0.15, 0.2) is 52.3 Å². The van der Waals surface area contributed by atoms with Gasteiger partial charge in [0.05, 0.1) is 5.57 Å². The Morgan fingerprint density at radius 1 is 1.14 bits per heavy atom. The second kappa shape index (κ2) is 6.32. The highest BCUT2D eigenvalue weighted by Gasteiger charge is 2.28. The molecule has 1 N–H and O–H groups in total. The number of anilines is 2. The molecule has 0 atom stereocenters. The third-order valence-electron chi connectivity index (χ3n) is 4.89. The number of aryl methyl sites for hydroxylation is 1. The Balaban J connectivity index is 1.65. The maximum Gasteiger partial charge on any atom is 0.272 e. The summed E-state index contributed by atoms with van der Waals surface area (Å²) in [4.78, 5) is 32.9. The van der Waals surface area contributed by atoms with Crippen molar-refractivity contribution in [1.29, 1.82) is 0 Å². The van der Waals surface area contributed by atoms with Gasteiger partial charge in [-0.25, -0.2) is 4.99 Å². The molecule has 0 saturated heterocycles. The van der Waals surface area contributed by atoms with Crippen molar-refractivity contribution in [2.24, 2.45) is 4.99 Å². The number of aromatic nitrogens is 1. The third kappa shape index (κ3) is 2.66. The van der Waals surface area contributed by atoms with Crippen molar-refractivity contribution in [3.05, 3.63) is 78.3 Å². The van der Waals surface area contributed by atoms with E-state index in [9.17, 15) is 9.59 Å². The SMILES string of the molecule is Cc1ccc2c(c1)C(=c1sc3n(c1=O)CN(c1ccc(Cl)cc1)CN=3)C(=O)N2. The number of carbonyl (C=O) groups is 1. The summed E-state index contributed by atoms with van der Waals surface area (Å²) in [6.45, 7) is 2.79. The van der Waals surface area contributed by atoms with Crippen LogP contribution in [0.1, 0.15) is 11.1 Å². The quantitative estimate of drug-likeness (QED) is 0.668. The van der Waals surface area contributed by atoms with Gasteiger partial charge in [0.25, 0.3) is 11.5 Å². The van der Waals surface area contributed by atoms with Crippen molar-refractivity contribution in [1.82, 2.24) is 4.57 Å². The maximum atomic E-state index is 13.1. The summed E-state index contributed by atoms with van der Waals surface area (Å²) in [5.41, 5.74) is 3.72. The van der Waals surface area contributed by atoms with Crippen LogP contribution in [-0.2, 0) is 11.5 Å². The molecule has 6 nitrogen and oxygen atoms in total. The minimum atomic E-state index is -0.244. The lowest BCUT2D eigenvalue weighted by Crippen LogP contribution is -2.43. The minimum absolute atomic E-state index is 0.193. The highest BCUT2D eigenvalue weighted by molar-refractivity contribution is 7.07. The number of halogens is 1. The Morgan fingerprint density at radius 2 is 1.93 bits per heavy atom. The van der Waals surface area contributed by atoms with Crippen LogP contribution < -0.4 is 25.1 Å². The van der Waals surface area contributed by atoms with Crippen LogP contribution in [0.25, 0.3) is 5.57 Å². The highest BCUT2D eigenvalue weighted by Crippen LogP contribution is 2.30. The molecule has 28 heavy (non-hydrogen) atoms. The zero-order valence-electron chi connectivity index (χ0n) is 14.9. The smallest absolute Gasteiger partial charge is 0.272 e. The van der Waals surface area contributed by atoms with Gasteiger partial charge in [-0.2, -0.15) is 0 Å². The van der Waals surface area contributed by atoms with E-state index in [0.29, 0.717) is 33.3 Å². The number of amides is 1. The van der Waals surface area contributed by atoms with Crippen LogP contribution in [0, 0.1) is 6.92 Å². The Morgan fingerprint density at radius 3 is 2.71 bits per heavy atom. The third-order valence-corrected chi connectivity index (χ3v) is 6.26. The second-order valence-electron chi connectivity index (χ2n) is 6.78. The lowest BCUT2D eigenvalue weighted by molar-refractivity contribution is -0.110. The Labute approximate surface area is 169 Å². The number of hydrogen-bond donors (Lipinski definition) is 1. The van der Waals surface area contributed by atoms with Crippen molar-refractivity contribution >= 4 is 45.8 Å². The number of nitrogens with zero attached hydrogens (tertiary/aromatic N) is 3. The summed E-state index contributed by atoms with van der Waals surface area (Å²) < 4.78 is 2.05. The molecule has 1 aromatic heterocycles. The van der Waals surface area contributed by atoms with E-state index < -0.39 is 0 Å². The highest BCUT2D eigenvalue weighted by atomic mass is 35.5. The van der Waals surface area contributed by atoms with E-state index in [1.807, 2.05) is 54.3 Å². The Bertz CT molecular complexity index is 1310. The molecule has 2 aliphatic heterocycles. The Hall–Kier alpha value is -2.90. The average molecular weight is 411 g/mol. The van der Waals surface area contributed by atoms with Gasteiger partial charge in [-0.15, -0.1) is 0 Å². The Kier molecular flexibility index (Phi) is 3.89. The van der Waals surface area contributed by atoms with Crippen LogP contribution in [-0.4, -0.2) is 17.1 Å². The molecule has 0 fully saturated rings. The lowest BCUT2D eigenvalue weighted by atomic mass is 10.1.